The quantitative estimate of drug-likeness (QED) is 0.297. The molecule has 5 rings (SSSR count). The van der Waals surface area contributed by atoms with Gasteiger partial charge in [-0.05, 0) is 60.4 Å². The van der Waals surface area contributed by atoms with E-state index in [4.69, 9.17) is 22.3 Å². The lowest BCUT2D eigenvalue weighted by Crippen LogP contribution is -2.27. The van der Waals surface area contributed by atoms with Crippen LogP contribution in [0.5, 0.6) is 0 Å². The summed E-state index contributed by atoms with van der Waals surface area (Å²) in [5, 5.41) is 4.30. The molecule has 1 aliphatic carbocycles. The van der Waals surface area contributed by atoms with Gasteiger partial charge in [0.25, 0.3) is 11.8 Å². The Morgan fingerprint density at radius 3 is 2.60 bits per heavy atom. The maximum Gasteiger partial charge on any atom is 0.257 e. The number of aromatic nitrogens is 1. The van der Waals surface area contributed by atoms with E-state index in [-0.39, 0.29) is 11.3 Å². The highest BCUT2D eigenvalue weighted by Gasteiger charge is 2.33. The van der Waals surface area contributed by atoms with Crippen LogP contribution in [0.4, 0.5) is 5.00 Å². The van der Waals surface area contributed by atoms with Gasteiger partial charge in [-0.15, -0.1) is 22.7 Å². The SMILES string of the molecule is CC(C)(C)[C@@H]1CCc2c(sc(NC(=O)c3cc(-c4ccc(Cl)s4)nc4ccccc34)c2C(N)=O)C1. The molecule has 0 fully saturated rings. The number of carbonyl (C=O) groups is 2. The number of hydrogen-bond donors (Lipinski definition) is 2. The number of primary amides is 1. The number of pyridine rings is 1. The summed E-state index contributed by atoms with van der Waals surface area (Å²) in [7, 11) is 0. The van der Waals surface area contributed by atoms with E-state index in [2.05, 4.69) is 26.1 Å². The van der Waals surface area contributed by atoms with E-state index in [9.17, 15) is 9.59 Å². The van der Waals surface area contributed by atoms with Crippen LogP contribution in [-0.2, 0) is 12.8 Å². The van der Waals surface area contributed by atoms with Gasteiger partial charge in [0.1, 0.15) is 5.00 Å². The standard InChI is InChI=1S/C27H26ClN3O2S2/c1-27(2,3)14-8-9-16-21(12-14)35-26(23(16)24(29)32)31-25(33)17-13-19(20-10-11-22(28)34-20)30-18-7-5-4-6-15(17)18/h4-7,10-11,13-14H,8-9,12H2,1-3H3,(H2,29,32)(H,31,33)/t14-/m1/s1. The van der Waals surface area contributed by atoms with Gasteiger partial charge in [-0.25, -0.2) is 4.98 Å². The van der Waals surface area contributed by atoms with Crippen LogP contribution >= 0.6 is 34.3 Å². The fourth-order valence-corrected chi connectivity index (χ4v) is 7.12. The average Bonchev–Trinajstić information content (AvgIpc) is 3.40. The first-order valence-corrected chi connectivity index (χ1v) is 13.5. The zero-order valence-corrected chi connectivity index (χ0v) is 22.2. The Labute approximate surface area is 217 Å². The Morgan fingerprint density at radius 2 is 1.91 bits per heavy atom. The van der Waals surface area contributed by atoms with Gasteiger partial charge in [0.05, 0.1) is 31.6 Å². The number of halogens is 1. The van der Waals surface area contributed by atoms with Crippen LogP contribution in [0.2, 0.25) is 4.34 Å². The summed E-state index contributed by atoms with van der Waals surface area (Å²) in [6.45, 7) is 6.75. The highest BCUT2D eigenvalue weighted by atomic mass is 35.5. The maximum atomic E-state index is 13.6. The lowest BCUT2D eigenvalue weighted by atomic mass is 9.72. The molecule has 0 saturated carbocycles. The lowest BCUT2D eigenvalue weighted by molar-refractivity contribution is 0.1000. The van der Waals surface area contributed by atoms with Crippen molar-refractivity contribution in [2.75, 3.05) is 5.32 Å². The van der Waals surface area contributed by atoms with E-state index in [0.29, 0.717) is 37.6 Å². The Balaban J connectivity index is 1.55. The van der Waals surface area contributed by atoms with Gasteiger partial charge >= 0.3 is 0 Å². The zero-order chi connectivity index (χ0) is 24.9. The fraction of sp³-hybridized carbons (Fsp3) is 0.296. The number of nitrogens with zero attached hydrogens (tertiary/aromatic N) is 1. The molecule has 1 aliphatic rings. The molecule has 3 aromatic heterocycles. The van der Waals surface area contributed by atoms with E-state index < -0.39 is 5.91 Å². The number of para-hydroxylation sites is 1. The van der Waals surface area contributed by atoms with Crippen LogP contribution in [0, 0.1) is 11.3 Å². The third kappa shape index (κ3) is 4.60. The molecule has 35 heavy (non-hydrogen) atoms. The van der Waals surface area contributed by atoms with Crippen molar-refractivity contribution in [2.24, 2.45) is 17.1 Å². The molecule has 0 aliphatic heterocycles. The fourth-order valence-electron chi connectivity index (χ4n) is 4.79. The number of nitrogens with one attached hydrogen (secondary N) is 1. The smallest absolute Gasteiger partial charge is 0.257 e. The molecule has 180 valence electrons. The van der Waals surface area contributed by atoms with Crippen molar-refractivity contribution in [3.8, 4) is 10.6 Å². The van der Waals surface area contributed by atoms with Gasteiger partial charge in [-0.1, -0.05) is 50.6 Å². The predicted octanol–water partition coefficient (Wildman–Crippen LogP) is 7.18. The van der Waals surface area contributed by atoms with Crippen molar-refractivity contribution in [3.05, 3.63) is 68.4 Å². The minimum absolute atomic E-state index is 0.176. The molecule has 0 radical (unpaired) electrons. The minimum Gasteiger partial charge on any atom is -0.365 e. The van der Waals surface area contributed by atoms with Crippen LogP contribution in [0.25, 0.3) is 21.5 Å². The first kappa shape index (κ1) is 24.0. The summed E-state index contributed by atoms with van der Waals surface area (Å²) >= 11 is 9.03. The van der Waals surface area contributed by atoms with Crippen LogP contribution in [-0.4, -0.2) is 16.8 Å². The van der Waals surface area contributed by atoms with Crippen molar-refractivity contribution in [1.82, 2.24) is 4.98 Å². The number of fused-ring (bicyclic) bond motifs is 2. The lowest BCUT2D eigenvalue weighted by Gasteiger charge is -2.33. The molecule has 3 heterocycles. The molecule has 5 nitrogen and oxygen atoms in total. The van der Waals surface area contributed by atoms with Gasteiger partial charge < -0.3 is 11.1 Å². The second-order valence-electron chi connectivity index (χ2n) is 10.0. The summed E-state index contributed by atoms with van der Waals surface area (Å²) < 4.78 is 0.657. The first-order valence-electron chi connectivity index (χ1n) is 11.5. The molecular formula is C27H26ClN3O2S2. The predicted molar refractivity (Wildman–Crippen MR) is 146 cm³/mol. The number of anilines is 1. The van der Waals surface area contributed by atoms with Crippen LogP contribution < -0.4 is 11.1 Å². The van der Waals surface area contributed by atoms with Crippen molar-refractivity contribution in [1.29, 1.82) is 0 Å². The van der Waals surface area contributed by atoms with Crippen molar-refractivity contribution in [3.63, 3.8) is 0 Å². The zero-order valence-electron chi connectivity index (χ0n) is 19.8. The van der Waals surface area contributed by atoms with E-state index in [1.165, 1.54) is 22.7 Å². The topological polar surface area (TPSA) is 85.1 Å². The molecule has 4 aromatic rings. The van der Waals surface area contributed by atoms with Crippen LogP contribution in [0.3, 0.4) is 0 Å². The monoisotopic (exact) mass is 523 g/mol. The van der Waals surface area contributed by atoms with Crippen molar-refractivity contribution in [2.45, 2.75) is 40.0 Å². The van der Waals surface area contributed by atoms with Crippen LogP contribution in [0.15, 0.2) is 42.5 Å². The van der Waals surface area contributed by atoms with Crippen molar-refractivity contribution < 1.29 is 9.59 Å². The Bertz CT molecular complexity index is 1470. The molecular weight excluding hydrogens is 498 g/mol. The second-order valence-corrected chi connectivity index (χ2v) is 12.8. The van der Waals surface area contributed by atoms with E-state index in [1.807, 2.05) is 36.4 Å². The number of nitrogens with two attached hydrogens (primary N) is 1. The number of carbonyl (C=O) groups excluding carboxylic acids is 2. The third-order valence-electron chi connectivity index (χ3n) is 6.75. The number of hydrogen-bond acceptors (Lipinski definition) is 5. The van der Waals surface area contributed by atoms with Gasteiger partial charge in [0.15, 0.2) is 0 Å². The summed E-state index contributed by atoms with van der Waals surface area (Å²) in [4.78, 5) is 32.9. The Hall–Kier alpha value is -2.74. The number of thiophene rings is 2. The highest BCUT2D eigenvalue weighted by molar-refractivity contribution is 7.19. The Kier molecular flexibility index (Phi) is 6.20. The van der Waals surface area contributed by atoms with E-state index in [0.717, 1.165) is 40.0 Å². The van der Waals surface area contributed by atoms with E-state index >= 15 is 0 Å². The maximum absolute atomic E-state index is 13.6. The van der Waals surface area contributed by atoms with Gasteiger partial charge in [-0.3, -0.25) is 9.59 Å². The average molecular weight is 524 g/mol. The van der Waals surface area contributed by atoms with Gasteiger partial charge in [-0.2, -0.15) is 0 Å². The van der Waals surface area contributed by atoms with Crippen LogP contribution in [0.1, 0.15) is 58.3 Å². The molecule has 8 heteroatoms. The van der Waals surface area contributed by atoms with E-state index in [1.54, 1.807) is 6.07 Å². The molecule has 0 saturated heterocycles. The number of benzene rings is 1. The normalized spacial score (nSPS) is 15.7. The number of amides is 2. The molecule has 3 N–H and O–H groups in total. The molecule has 1 atom stereocenters. The first-order chi connectivity index (χ1) is 16.6. The second kappa shape index (κ2) is 9.04. The molecule has 2 amide bonds. The van der Waals surface area contributed by atoms with Gasteiger partial charge in [0.2, 0.25) is 0 Å². The summed E-state index contributed by atoms with van der Waals surface area (Å²) in [5.41, 5.74) is 9.31. The summed E-state index contributed by atoms with van der Waals surface area (Å²) in [6.07, 6.45) is 2.69. The third-order valence-corrected chi connectivity index (χ3v) is 9.17. The molecule has 0 bridgehead atoms. The highest BCUT2D eigenvalue weighted by Crippen LogP contribution is 2.44. The van der Waals surface area contributed by atoms with Gasteiger partial charge in [0, 0.05) is 10.3 Å². The molecule has 0 spiro atoms. The number of rotatable bonds is 4. The molecule has 1 aromatic carbocycles. The Morgan fingerprint density at radius 1 is 1.14 bits per heavy atom. The minimum atomic E-state index is -0.500. The molecule has 0 unspecified atom stereocenters. The summed E-state index contributed by atoms with van der Waals surface area (Å²) in [6, 6.07) is 13.0. The van der Waals surface area contributed by atoms with Crippen molar-refractivity contribution >= 4 is 62.0 Å². The largest absolute Gasteiger partial charge is 0.365 e. The summed E-state index contributed by atoms with van der Waals surface area (Å²) in [5.74, 6) is -0.274.